The first-order valence-corrected chi connectivity index (χ1v) is 9.82. The molecule has 1 aromatic carbocycles. The van der Waals surface area contributed by atoms with Crippen LogP contribution in [0.25, 0.3) is 6.08 Å². The molecule has 1 aliphatic rings. The molecule has 0 N–H and O–H groups in total. The molecule has 146 valence electrons. The number of aromatic nitrogens is 1. The fourth-order valence-corrected chi connectivity index (χ4v) is 3.37. The molecule has 0 spiro atoms. The van der Waals surface area contributed by atoms with Crippen molar-refractivity contribution >= 4 is 17.9 Å². The van der Waals surface area contributed by atoms with Gasteiger partial charge in [-0.05, 0) is 50.5 Å². The summed E-state index contributed by atoms with van der Waals surface area (Å²) in [6, 6.07) is 15.5. The van der Waals surface area contributed by atoms with E-state index in [1.807, 2.05) is 73.4 Å². The third kappa shape index (κ3) is 5.06. The molecule has 1 aliphatic heterocycles. The number of carbonyl (C=O) groups excluding carboxylic acids is 2. The Morgan fingerprint density at radius 2 is 1.71 bits per heavy atom. The van der Waals surface area contributed by atoms with Crippen molar-refractivity contribution in [2.45, 2.75) is 32.7 Å². The molecule has 0 atom stereocenters. The first-order chi connectivity index (χ1) is 13.5. The van der Waals surface area contributed by atoms with E-state index in [1.165, 1.54) is 0 Å². The van der Waals surface area contributed by atoms with Crippen LogP contribution in [0.3, 0.4) is 0 Å². The second kappa shape index (κ2) is 9.31. The lowest BCUT2D eigenvalue weighted by Crippen LogP contribution is -2.42. The van der Waals surface area contributed by atoms with Crippen molar-refractivity contribution in [2.75, 3.05) is 13.1 Å². The van der Waals surface area contributed by atoms with Crippen molar-refractivity contribution in [3.8, 4) is 0 Å². The van der Waals surface area contributed by atoms with Gasteiger partial charge in [0.05, 0.1) is 0 Å². The molecule has 0 unspecified atom stereocenters. The molecule has 2 aromatic rings. The molecule has 1 amide bonds. The van der Waals surface area contributed by atoms with Crippen LogP contribution in [-0.2, 0) is 4.79 Å². The van der Waals surface area contributed by atoms with Gasteiger partial charge in [-0.3, -0.25) is 19.1 Å². The summed E-state index contributed by atoms with van der Waals surface area (Å²) in [5, 5.41) is 0. The van der Waals surface area contributed by atoms with E-state index in [2.05, 4.69) is 4.99 Å². The normalized spacial score (nSPS) is 16.1. The van der Waals surface area contributed by atoms with Gasteiger partial charge in [0.25, 0.3) is 0 Å². The van der Waals surface area contributed by atoms with Gasteiger partial charge in [-0.2, -0.15) is 0 Å². The number of nitrogens with zero attached hydrogens (tertiary/aromatic N) is 3. The molecule has 1 fully saturated rings. The quantitative estimate of drug-likeness (QED) is 0.767. The highest BCUT2D eigenvalue weighted by Crippen LogP contribution is 2.19. The summed E-state index contributed by atoms with van der Waals surface area (Å²) in [4.78, 5) is 31.8. The van der Waals surface area contributed by atoms with Gasteiger partial charge in [-0.1, -0.05) is 36.4 Å². The van der Waals surface area contributed by atoms with Gasteiger partial charge in [0.2, 0.25) is 11.8 Å². The molecule has 1 aromatic heterocycles. The van der Waals surface area contributed by atoms with Gasteiger partial charge in [-0.25, -0.2) is 0 Å². The highest BCUT2D eigenvalue weighted by Gasteiger charge is 2.27. The van der Waals surface area contributed by atoms with E-state index in [0.29, 0.717) is 31.4 Å². The van der Waals surface area contributed by atoms with Crippen LogP contribution in [0, 0.1) is 5.92 Å². The predicted molar refractivity (Wildman–Crippen MR) is 111 cm³/mol. The topological polar surface area (TPSA) is 54.7 Å². The molecular formula is C23H27N3O2. The second-order valence-electron chi connectivity index (χ2n) is 7.33. The van der Waals surface area contributed by atoms with Crippen molar-refractivity contribution in [2.24, 2.45) is 10.9 Å². The highest BCUT2D eigenvalue weighted by atomic mass is 16.2. The first-order valence-electron chi connectivity index (χ1n) is 9.82. The highest BCUT2D eigenvalue weighted by molar-refractivity contribution is 5.92. The SMILES string of the molecule is CC(C)N=c1ccccn1C(=O)C1CCN(C(=O)C=Cc2ccccc2)CC1. The molecule has 28 heavy (non-hydrogen) atoms. The Kier molecular flexibility index (Phi) is 6.58. The van der Waals surface area contributed by atoms with Gasteiger partial charge in [-0.15, -0.1) is 0 Å². The van der Waals surface area contributed by atoms with Crippen LogP contribution in [0.2, 0.25) is 0 Å². The van der Waals surface area contributed by atoms with Crippen LogP contribution in [0.1, 0.15) is 37.0 Å². The molecule has 2 heterocycles. The number of piperidine rings is 1. The minimum Gasteiger partial charge on any atom is -0.339 e. The standard InChI is InChI=1S/C23H27N3O2/c1-18(2)24-21-10-6-7-15-26(21)23(28)20-13-16-25(17-14-20)22(27)12-11-19-8-4-3-5-9-19/h3-12,15,18,20H,13-14,16-17H2,1-2H3. The molecule has 1 saturated heterocycles. The summed E-state index contributed by atoms with van der Waals surface area (Å²) in [5.74, 6) is -0.0276. The zero-order valence-electron chi connectivity index (χ0n) is 16.5. The van der Waals surface area contributed by atoms with Crippen LogP contribution in [-0.4, -0.2) is 40.4 Å². The number of pyridine rings is 1. The number of carbonyl (C=O) groups is 2. The van der Waals surface area contributed by atoms with Crippen molar-refractivity contribution in [3.63, 3.8) is 0 Å². The maximum Gasteiger partial charge on any atom is 0.246 e. The average Bonchev–Trinajstić information content (AvgIpc) is 2.72. The molecule has 0 bridgehead atoms. The summed E-state index contributed by atoms with van der Waals surface area (Å²) in [7, 11) is 0. The Labute approximate surface area is 166 Å². The molecular weight excluding hydrogens is 350 g/mol. The molecule has 3 rings (SSSR count). The Morgan fingerprint density at radius 3 is 2.39 bits per heavy atom. The van der Waals surface area contributed by atoms with Gasteiger partial charge in [0, 0.05) is 37.3 Å². The third-order valence-corrected chi connectivity index (χ3v) is 4.84. The number of amides is 1. The van der Waals surface area contributed by atoms with Crippen LogP contribution in [0.15, 0.2) is 65.8 Å². The summed E-state index contributed by atoms with van der Waals surface area (Å²) in [5.41, 5.74) is 1.69. The fraction of sp³-hybridized carbons (Fsp3) is 0.348. The van der Waals surface area contributed by atoms with E-state index in [-0.39, 0.29) is 23.8 Å². The fourth-order valence-electron chi connectivity index (χ4n) is 3.37. The number of hydrogen-bond acceptors (Lipinski definition) is 3. The van der Waals surface area contributed by atoms with Crippen LogP contribution >= 0.6 is 0 Å². The predicted octanol–water partition coefficient (Wildman–Crippen LogP) is 3.39. The lowest BCUT2D eigenvalue weighted by molar-refractivity contribution is -0.127. The number of hydrogen-bond donors (Lipinski definition) is 0. The maximum atomic E-state index is 13.0. The zero-order chi connectivity index (χ0) is 19.9. The lowest BCUT2D eigenvalue weighted by Gasteiger charge is -2.30. The molecule has 0 saturated carbocycles. The summed E-state index contributed by atoms with van der Waals surface area (Å²) in [6.07, 6.45) is 6.57. The van der Waals surface area contributed by atoms with Crippen molar-refractivity contribution in [3.05, 3.63) is 71.9 Å². The van der Waals surface area contributed by atoms with E-state index in [0.717, 1.165) is 5.56 Å². The smallest absolute Gasteiger partial charge is 0.246 e. The van der Waals surface area contributed by atoms with Crippen molar-refractivity contribution in [1.82, 2.24) is 9.47 Å². The van der Waals surface area contributed by atoms with Crippen molar-refractivity contribution in [1.29, 1.82) is 0 Å². The second-order valence-corrected chi connectivity index (χ2v) is 7.33. The maximum absolute atomic E-state index is 13.0. The number of rotatable bonds is 4. The molecule has 0 radical (unpaired) electrons. The summed E-state index contributed by atoms with van der Waals surface area (Å²) >= 11 is 0. The largest absolute Gasteiger partial charge is 0.339 e. The van der Waals surface area contributed by atoms with E-state index >= 15 is 0 Å². The van der Waals surface area contributed by atoms with E-state index < -0.39 is 0 Å². The zero-order valence-corrected chi connectivity index (χ0v) is 16.5. The van der Waals surface area contributed by atoms with Gasteiger partial charge in [0.15, 0.2) is 0 Å². The number of likely N-dealkylation sites (tertiary alicyclic amines) is 1. The van der Waals surface area contributed by atoms with E-state index in [4.69, 9.17) is 0 Å². The molecule has 0 aliphatic carbocycles. The molecule has 5 heteroatoms. The van der Waals surface area contributed by atoms with Gasteiger partial charge in [0.1, 0.15) is 5.49 Å². The Balaban J connectivity index is 1.62. The minimum absolute atomic E-state index is 0.00221. The summed E-state index contributed by atoms with van der Waals surface area (Å²) in [6.45, 7) is 5.18. The van der Waals surface area contributed by atoms with Crippen LogP contribution in [0.5, 0.6) is 0 Å². The Hall–Kier alpha value is -2.95. The lowest BCUT2D eigenvalue weighted by atomic mass is 9.95. The Bertz CT molecular complexity index is 905. The van der Waals surface area contributed by atoms with Gasteiger partial charge < -0.3 is 4.90 Å². The van der Waals surface area contributed by atoms with Crippen LogP contribution < -0.4 is 5.49 Å². The first kappa shape index (κ1) is 19.8. The van der Waals surface area contributed by atoms with Crippen LogP contribution in [0.4, 0.5) is 0 Å². The summed E-state index contributed by atoms with van der Waals surface area (Å²) < 4.78 is 1.65. The van der Waals surface area contributed by atoms with Crippen molar-refractivity contribution < 1.29 is 9.59 Å². The average molecular weight is 377 g/mol. The van der Waals surface area contributed by atoms with E-state index in [9.17, 15) is 9.59 Å². The Morgan fingerprint density at radius 1 is 1.04 bits per heavy atom. The molecule has 5 nitrogen and oxygen atoms in total. The minimum atomic E-state index is -0.0873. The third-order valence-electron chi connectivity index (χ3n) is 4.84. The van der Waals surface area contributed by atoms with E-state index in [1.54, 1.807) is 16.8 Å². The number of benzene rings is 1. The monoisotopic (exact) mass is 377 g/mol. The van der Waals surface area contributed by atoms with Gasteiger partial charge >= 0.3 is 0 Å².